The molecule has 24 heavy (non-hydrogen) atoms. The molecule has 4 nitrogen and oxygen atoms in total. The summed E-state index contributed by atoms with van der Waals surface area (Å²) in [6.07, 6.45) is 2.74. The highest BCUT2D eigenvalue weighted by Gasteiger charge is 2.22. The quantitative estimate of drug-likeness (QED) is 0.833. The number of anilines is 2. The summed E-state index contributed by atoms with van der Waals surface area (Å²) in [7, 11) is 0. The third kappa shape index (κ3) is 3.28. The van der Waals surface area contributed by atoms with Crippen molar-refractivity contribution >= 4 is 46.6 Å². The zero-order valence-electron chi connectivity index (χ0n) is 13.4. The number of rotatable bonds is 3. The maximum absolute atomic E-state index is 12.5. The molecule has 0 saturated heterocycles. The lowest BCUT2D eigenvalue weighted by Crippen LogP contribution is -2.25. The van der Waals surface area contributed by atoms with Crippen molar-refractivity contribution in [1.29, 1.82) is 0 Å². The fourth-order valence-electron chi connectivity index (χ4n) is 2.81. The van der Waals surface area contributed by atoms with Crippen LogP contribution in [0.3, 0.4) is 0 Å². The van der Waals surface area contributed by atoms with E-state index in [1.807, 2.05) is 30.5 Å². The van der Waals surface area contributed by atoms with Gasteiger partial charge in [0.1, 0.15) is 0 Å². The van der Waals surface area contributed by atoms with Crippen LogP contribution in [0.1, 0.15) is 22.8 Å². The Hall–Kier alpha value is -1.98. The fourth-order valence-corrected chi connectivity index (χ4v) is 3.45. The van der Waals surface area contributed by atoms with E-state index in [4.69, 9.17) is 11.6 Å². The normalized spacial score (nSPS) is 12.9. The van der Waals surface area contributed by atoms with Crippen LogP contribution in [0.15, 0.2) is 41.3 Å². The number of nitrogens with zero attached hydrogens (tertiary/aromatic N) is 1. The number of nitrogens with one attached hydrogen (secondary N) is 1. The van der Waals surface area contributed by atoms with Crippen molar-refractivity contribution in [3.63, 3.8) is 0 Å². The second-order valence-corrected chi connectivity index (χ2v) is 6.85. The lowest BCUT2D eigenvalue weighted by molar-refractivity contribution is -0.116. The molecular formula is C18H17ClN2O2S. The number of carbonyl (C=O) groups excluding carboxylic acids is 2. The minimum absolute atomic E-state index is 0.0335. The summed E-state index contributed by atoms with van der Waals surface area (Å²) in [6.45, 7) is 2.25. The van der Waals surface area contributed by atoms with Crippen molar-refractivity contribution < 1.29 is 9.59 Å². The Morgan fingerprint density at radius 1 is 1.21 bits per heavy atom. The first-order chi connectivity index (χ1) is 11.5. The second kappa shape index (κ2) is 6.87. The molecule has 2 aromatic carbocycles. The van der Waals surface area contributed by atoms with Gasteiger partial charge >= 0.3 is 0 Å². The van der Waals surface area contributed by atoms with E-state index in [0.29, 0.717) is 22.8 Å². The number of amides is 2. The lowest BCUT2D eigenvalue weighted by Gasteiger charge is -2.15. The van der Waals surface area contributed by atoms with E-state index in [9.17, 15) is 9.59 Å². The average molecular weight is 361 g/mol. The summed E-state index contributed by atoms with van der Waals surface area (Å²) in [5, 5.41) is 3.31. The summed E-state index contributed by atoms with van der Waals surface area (Å²) < 4.78 is 0. The number of fused-ring (bicyclic) bond motifs is 1. The molecule has 3 rings (SSSR count). The van der Waals surface area contributed by atoms with Crippen LogP contribution in [-0.2, 0) is 11.2 Å². The van der Waals surface area contributed by atoms with Gasteiger partial charge in [0.15, 0.2) is 0 Å². The second-order valence-electron chi connectivity index (χ2n) is 5.56. The van der Waals surface area contributed by atoms with Gasteiger partial charge in [0.05, 0.1) is 10.6 Å². The largest absolute Gasteiger partial charge is 0.322 e. The molecule has 0 aliphatic carbocycles. The van der Waals surface area contributed by atoms with Gasteiger partial charge in [-0.1, -0.05) is 11.6 Å². The van der Waals surface area contributed by atoms with Gasteiger partial charge in [-0.3, -0.25) is 9.59 Å². The molecular weight excluding hydrogens is 344 g/mol. The smallest absolute Gasteiger partial charge is 0.257 e. The van der Waals surface area contributed by atoms with Crippen molar-refractivity contribution in [2.45, 2.75) is 18.2 Å². The van der Waals surface area contributed by atoms with Crippen molar-refractivity contribution in [2.75, 3.05) is 23.0 Å². The van der Waals surface area contributed by atoms with Gasteiger partial charge in [0.2, 0.25) is 5.91 Å². The van der Waals surface area contributed by atoms with Crippen LogP contribution in [-0.4, -0.2) is 24.6 Å². The molecule has 1 N–H and O–H groups in total. The zero-order chi connectivity index (χ0) is 17.3. The summed E-state index contributed by atoms with van der Waals surface area (Å²) in [5.74, 6) is -0.205. The molecule has 124 valence electrons. The summed E-state index contributed by atoms with van der Waals surface area (Å²) >= 11 is 7.71. The molecule has 0 fully saturated rings. The highest BCUT2D eigenvalue weighted by molar-refractivity contribution is 7.98. The Morgan fingerprint density at radius 2 is 2.00 bits per heavy atom. The summed E-state index contributed by atoms with van der Waals surface area (Å²) in [5.41, 5.74) is 3.14. The number of thioether (sulfide) groups is 1. The summed E-state index contributed by atoms with van der Waals surface area (Å²) in [4.78, 5) is 26.8. The SMILES string of the molecule is CSc1ccc(Cl)c(C(=O)Nc2ccc3c(c2)CCN3C(C)=O)c1. The first-order valence-electron chi connectivity index (χ1n) is 7.55. The molecule has 2 amide bonds. The van der Waals surface area contributed by atoms with Gasteiger partial charge in [-0.2, -0.15) is 0 Å². The summed E-state index contributed by atoms with van der Waals surface area (Å²) in [6, 6.07) is 11.0. The maximum Gasteiger partial charge on any atom is 0.257 e. The molecule has 1 heterocycles. The molecule has 6 heteroatoms. The van der Waals surface area contributed by atoms with Gasteiger partial charge in [0.25, 0.3) is 5.91 Å². The standard InChI is InChI=1S/C18H17ClN2O2S/c1-11(22)21-8-7-12-9-13(3-6-17(12)21)20-18(23)15-10-14(24-2)4-5-16(15)19/h3-6,9-10H,7-8H2,1-2H3,(H,20,23). The van der Waals surface area contributed by atoms with E-state index in [2.05, 4.69) is 5.32 Å². The van der Waals surface area contributed by atoms with Crippen LogP contribution in [0.25, 0.3) is 0 Å². The molecule has 0 atom stereocenters. The van der Waals surface area contributed by atoms with E-state index < -0.39 is 0 Å². The third-order valence-electron chi connectivity index (χ3n) is 4.03. The van der Waals surface area contributed by atoms with Gasteiger partial charge in [-0.25, -0.2) is 0 Å². The van der Waals surface area contributed by atoms with Gasteiger partial charge in [-0.15, -0.1) is 11.8 Å². The zero-order valence-corrected chi connectivity index (χ0v) is 15.0. The predicted molar refractivity (Wildman–Crippen MR) is 99.4 cm³/mol. The van der Waals surface area contributed by atoms with E-state index in [1.165, 1.54) is 0 Å². The Labute approximate surface area is 150 Å². The number of hydrogen-bond acceptors (Lipinski definition) is 3. The van der Waals surface area contributed by atoms with Gasteiger partial charge < -0.3 is 10.2 Å². The molecule has 0 aromatic heterocycles. The highest BCUT2D eigenvalue weighted by Crippen LogP contribution is 2.31. The van der Waals surface area contributed by atoms with Gasteiger partial charge in [-0.05, 0) is 54.6 Å². The Morgan fingerprint density at radius 3 is 2.71 bits per heavy atom. The van der Waals surface area contributed by atoms with E-state index in [1.54, 1.807) is 35.7 Å². The molecule has 2 aromatic rings. The van der Waals surface area contributed by atoms with E-state index in [-0.39, 0.29) is 11.8 Å². The van der Waals surface area contributed by atoms with Gasteiger partial charge in [0, 0.05) is 29.7 Å². The van der Waals surface area contributed by atoms with Crippen LogP contribution < -0.4 is 10.2 Å². The Balaban J connectivity index is 1.82. The topological polar surface area (TPSA) is 49.4 Å². The molecule has 0 spiro atoms. The van der Waals surface area contributed by atoms with E-state index >= 15 is 0 Å². The van der Waals surface area contributed by atoms with Crippen LogP contribution in [0.5, 0.6) is 0 Å². The monoisotopic (exact) mass is 360 g/mol. The van der Waals surface area contributed by atoms with Crippen molar-refractivity contribution in [1.82, 2.24) is 0 Å². The molecule has 1 aliphatic heterocycles. The number of halogens is 1. The number of benzene rings is 2. The number of carbonyl (C=O) groups is 2. The highest BCUT2D eigenvalue weighted by atomic mass is 35.5. The third-order valence-corrected chi connectivity index (χ3v) is 5.09. The first kappa shape index (κ1) is 16.9. The first-order valence-corrected chi connectivity index (χ1v) is 9.16. The van der Waals surface area contributed by atoms with E-state index in [0.717, 1.165) is 22.6 Å². The number of hydrogen-bond donors (Lipinski definition) is 1. The van der Waals surface area contributed by atoms with Crippen molar-refractivity contribution in [3.05, 3.63) is 52.5 Å². The minimum Gasteiger partial charge on any atom is -0.322 e. The Kier molecular flexibility index (Phi) is 4.83. The van der Waals surface area contributed by atoms with Crippen LogP contribution in [0, 0.1) is 0 Å². The van der Waals surface area contributed by atoms with Crippen LogP contribution >= 0.6 is 23.4 Å². The fraction of sp³-hybridized carbons (Fsp3) is 0.222. The maximum atomic E-state index is 12.5. The lowest BCUT2D eigenvalue weighted by atomic mass is 10.1. The molecule has 1 aliphatic rings. The molecule has 0 bridgehead atoms. The Bertz CT molecular complexity index is 823. The molecule has 0 radical (unpaired) electrons. The van der Waals surface area contributed by atoms with Crippen molar-refractivity contribution in [3.8, 4) is 0 Å². The van der Waals surface area contributed by atoms with Crippen molar-refractivity contribution in [2.24, 2.45) is 0 Å². The van der Waals surface area contributed by atoms with Crippen LogP contribution in [0.4, 0.5) is 11.4 Å². The molecule has 0 unspecified atom stereocenters. The average Bonchev–Trinajstić information content (AvgIpc) is 2.98. The van der Waals surface area contributed by atoms with Crippen LogP contribution in [0.2, 0.25) is 5.02 Å². The predicted octanol–water partition coefficient (Wildman–Crippen LogP) is 4.22. The molecule has 0 saturated carbocycles. The minimum atomic E-state index is -0.239.